The molecule has 0 aliphatic rings. The normalized spacial score (nSPS) is 10.9. The van der Waals surface area contributed by atoms with Crippen molar-refractivity contribution in [2.45, 2.75) is 27.3 Å². The van der Waals surface area contributed by atoms with E-state index in [4.69, 9.17) is 11.6 Å². The summed E-state index contributed by atoms with van der Waals surface area (Å²) < 4.78 is 0. The van der Waals surface area contributed by atoms with Crippen molar-refractivity contribution in [1.29, 1.82) is 0 Å². The second-order valence-electron chi connectivity index (χ2n) is 4.81. The minimum Gasteiger partial charge on any atom is -0.375 e. The molecule has 0 unspecified atom stereocenters. The lowest BCUT2D eigenvalue weighted by Gasteiger charge is -2.18. The van der Waals surface area contributed by atoms with Gasteiger partial charge in [0.25, 0.3) is 0 Å². The van der Waals surface area contributed by atoms with Crippen LogP contribution < -0.4 is 10.2 Å². The second kappa shape index (κ2) is 6.87. The molecule has 0 aliphatic heterocycles. The maximum Gasteiger partial charge on any atom is 0.0471 e. The molecule has 0 fully saturated rings. The maximum atomic E-state index is 6.28. The fourth-order valence-electron chi connectivity index (χ4n) is 1.60. The Labute approximate surface area is 110 Å². The van der Waals surface area contributed by atoms with Crippen LogP contribution in [0.1, 0.15) is 26.3 Å². The Hall–Kier alpha value is -0.730. The minimum absolute atomic E-state index is 0.666. The second-order valence-corrected chi connectivity index (χ2v) is 5.22. The zero-order chi connectivity index (χ0) is 12.8. The fourth-order valence-corrected chi connectivity index (χ4v) is 1.84. The zero-order valence-electron chi connectivity index (χ0n) is 11.3. The van der Waals surface area contributed by atoms with Gasteiger partial charge in [0.2, 0.25) is 0 Å². The van der Waals surface area contributed by atoms with Crippen LogP contribution in [-0.4, -0.2) is 20.1 Å². The van der Waals surface area contributed by atoms with Crippen LogP contribution in [0.25, 0.3) is 0 Å². The molecule has 0 spiro atoms. The van der Waals surface area contributed by atoms with Gasteiger partial charge in [-0.3, -0.25) is 0 Å². The van der Waals surface area contributed by atoms with Gasteiger partial charge in [0, 0.05) is 30.8 Å². The Balaban J connectivity index is 2.63. The van der Waals surface area contributed by atoms with Gasteiger partial charge in [-0.1, -0.05) is 31.5 Å². The van der Waals surface area contributed by atoms with Gasteiger partial charge in [0.05, 0.1) is 0 Å². The quantitative estimate of drug-likeness (QED) is 0.835. The van der Waals surface area contributed by atoms with E-state index in [0.29, 0.717) is 5.92 Å². The van der Waals surface area contributed by atoms with Crippen molar-refractivity contribution >= 4 is 17.3 Å². The number of nitrogens with zero attached hydrogens (tertiary/aromatic N) is 1. The standard InChI is InChI=1S/C14H23ClN2/c1-5-17(4)13-7-6-12(14(15)8-13)10-16-9-11(2)3/h6-8,11,16H,5,9-10H2,1-4H3. The number of hydrogen-bond donors (Lipinski definition) is 1. The third-order valence-electron chi connectivity index (χ3n) is 2.82. The Morgan fingerprint density at radius 2 is 2.06 bits per heavy atom. The number of anilines is 1. The maximum absolute atomic E-state index is 6.28. The summed E-state index contributed by atoms with van der Waals surface area (Å²) in [6, 6.07) is 6.27. The molecule has 0 atom stereocenters. The molecule has 1 aromatic rings. The highest BCUT2D eigenvalue weighted by atomic mass is 35.5. The molecule has 0 bridgehead atoms. The van der Waals surface area contributed by atoms with Crippen LogP contribution in [0.4, 0.5) is 5.69 Å². The summed E-state index contributed by atoms with van der Waals surface area (Å²) in [5, 5.41) is 4.25. The first-order valence-corrected chi connectivity index (χ1v) is 6.62. The molecule has 17 heavy (non-hydrogen) atoms. The molecule has 1 aromatic carbocycles. The molecule has 1 N–H and O–H groups in total. The molecule has 2 nitrogen and oxygen atoms in total. The molecule has 0 aliphatic carbocycles. The van der Waals surface area contributed by atoms with Gasteiger partial charge >= 0.3 is 0 Å². The van der Waals surface area contributed by atoms with E-state index in [0.717, 1.165) is 24.7 Å². The molecule has 3 heteroatoms. The molecule has 1 rings (SSSR count). The number of halogens is 1. The van der Waals surface area contributed by atoms with Crippen molar-refractivity contribution in [3.8, 4) is 0 Å². The van der Waals surface area contributed by atoms with Crippen molar-refractivity contribution < 1.29 is 0 Å². The van der Waals surface area contributed by atoms with Crippen LogP contribution in [0, 0.1) is 5.92 Å². The van der Waals surface area contributed by atoms with E-state index < -0.39 is 0 Å². The number of benzene rings is 1. The van der Waals surface area contributed by atoms with Crippen LogP contribution in [0.15, 0.2) is 18.2 Å². The van der Waals surface area contributed by atoms with Crippen LogP contribution >= 0.6 is 11.6 Å². The number of rotatable bonds is 6. The lowest BCUT2D eigenvalue weighted by molar-refractivity contribution is 0.552. The Bertz CT molecular complexity index is 350. The van der Waals surface area contributed by atoms with Gasteiger partial charge in [-0.15, -0.1) is 0 Å². The summed E-state index contributed by atoms with van der Waals surface area (Å²) in [7, 11) is 2.07. The van der Waals surface area contributed by atoms with Gasteiger partial charge < -0.3 is 10.2 Å². The van der Waals surface area contributed by atoms with Crippen LogP contribution in [0.5, 0.6) is 0 Å². The van der Waals surface area contributed by atoms with Crippen molar-refractivity contribution in [2.75, 3.05) is 25.0 Å². The highest BCUT2D eigenvalue weighted by Crippen LogP contribution is 2.23. The summed E-state index contributed by atoms with van der Waals surface area (Å²) in [6.07, 6.45) is 0. The lowest BCUT2D eigenvalue weighted by Crippen LogP contribution is -2.19. The predicted molar refractivity (Wildman–Crippen MR) is 76.9 cm³/mol. The van der Waals surface area contributed by atoms with Gasteiger partial charge in [-0.25, -0.2) is 0 Å². The SMILES string of the molecule is CCN(C)c1ccc(CNCC(C)C)c(Cl)c1. The molecule has 0 radical (unpaired) electrons. The largest absolute Gasteiger partial charge is 0.375 e. The molecule has 0 amide bonds. The Kier molecular flexibility index (Phi) is 5.79. The van der Waals surface area contributed by atoms with Crippen molar-refractivity contribution in [3.05, 3.63) is 28.8 Å². The lowest BCUT2D eigenvalue weighted by atomic mass is 10.1. The monoisotopic (exact) mass is 254 g/mol. The van der Waals surface area contributed by atoms with Crippen molar-refractivity contribution in [3.63, 3.8) is 0 Å². The van der Waals surface area contributed by atoms with E-state index in [1.54, 1.807) is 0 Å². The summed E-state index contributed by atoms with van der Waals surface area (Å²) in [5.41, 5.74) is 2.34. The number of hydrogen-bond acceptors (Lipinski definition) is 2. The molecular formula is C14H23ClN2. The Morgan fingerprint density at radius 3 is 2.59 bits per heavy atom. The topological polar surface area (TPSA) is 15.3 Å². The average molecular weight is 255 g/mol. The average Bonchev–Trinajstić information content (AvgIpc) is 2.29. The van der Waals surface area contributed by atoms with E-state index >= 15 is 0 Å². The van der Waals surface area contributed by atoms with Crippen LogP contribution in [-0.2, 0) is 6.54 Å². The molecule has 0 aromatic heterocycles. The number of nitrogens with one attached hydrogen (secondary N) is 1. The third-order valence-corrected chi connectivity index (χ3v) is 3.17. The van der Waals surface area contributed by atoms with E-state index in [-0.39, 0.29) is 0 Å². The fraction of sp³-hybridized carbons (Fsp3) is 0.571. The van der Waals surface area contributed by atoms with E-state index in [2.05, 4.69) is 50.2 Å². The van der Waals surface area contributed by atoms with Crippen molar-refractivity contribution in [1.82, 2.24) is 5.32 Å². The molecular weight excluding hydrogens is 232 g/mol. The van der Waals surface area contributed by atoms with Gasteiger partial charge in [-0.2, -0.15) is 0 Å². The summed E-state index contributed by atoms with van der Waals surface area (Å²) in [6.45, 7) is 9.38. The molecule has 96 valence electrons. The smallest absolute Gasteiger partial charge is 0.0471 e. The molecule has 0 saturated heterocycles. The first kappa shape index (κ1) is 14.3. The third kappa shape index (κ3) is 4.57. The Morgan fingerprint density at radius 1 is 1.35 bits per heavy atom. The summed E-state index contributed by atoms with van der Waals surface area (Å²) in [5.74, 6) is 0.666. The predicted octanol–water partition coefficient (Wildman–Crippen LogP) is 3.54. The van der Waals surface area contributed by atoms with E-state index in [1.165, 1.54) is 11.3 Å². The minimum atomic E-state index is 0.666. The molecule has 0 heterocycles. The van der Waals surface area contributed by atoms with Gasteiger partial charge in [0.15, 0.2) is 0 Å². The van der Waals surface area contributed by atoms with Crippen LogP contribution in [0.2, 0.25) is 5.02 Å². The van der Waals surface area contributed by atoms with E-state index in [1.807, 2.05) is 6.07 Å². The van der Waals surface area contributed by atoms with Crippen LogP contribution in [0.3, 0.4) is 0 Å². The highest BCUT2D eigenvalue weighted by Gasteiger charge is 2.04. The molecule has 0 saturated carbocycles. The van der Waals surface area contributed by atoms with Crippen molar-refractivity contribution in [2.24, 2.45) is 5.92 Å². The zero-order valence-corrected chi connectivity index (χ0v) is 12.0. The van der Waals surface area contributed by atoms with Gasteiger partial charge in [0.1, 0.15) is 0 Å². The first-order valence-electron chi connectivity index (χ1n) is 6.24. The summed E-state index contributed by atoms with van der Waals surface area (Å²) in [4.78, 5) is 2.18. The summed E-state index contributed by atoms with van der Waals surface area (Å²) >= 11 is 6.28. The van der Waals surface area contributed by atoms with Gasteiger partial charge in [-0.05, 0) is 37.1 Å². The van der Waals surface area contributed by atoms with E-state index in [9.17, 15) is 0 Å². The highest BCUT2D eigenvalue weighted by molar-refractivity contribution is 6.31. The first-order chi connectivity index (χ1) is 8.04.